The molecule has 0 fully saturated rings. The van der Waals surface area contributed by atoms with Crippen LogP contribution in [0, 0.1) is 36.8 Å². The molecule has 0 saturated carbocycles. The number of hydrogen-bond acceptors (Lipinski definition) is 6. The highest BCUT2D eigenvalue weighted by molar-refractivity contribution is 5.83. The first-order valence-corrected chi connectivity index (χ1v) is 11.7. The summed E-state index contributed by atoms with van der Waals surface area (Å²) in [7, 11) is 3.22. The lowest BCUT2D eigenvalue weighted by atomic mass is 9.98. The van der Waals surface area contributed by atoms with Gasteiger partial charge >= 0.3 is 0 Å². The van der Waals surface area contributed by atoms with E-state index >= 15 is 0 Å². The van der Waals surface area contributed by atoms with E-state index in [0.717, 1.165) is 22.9 Å². The number of nitrogens with one attached hydrogen (secondary N) is 1. The summed E-state index contributed by atoms with van der Waals surface area (Å²) in [6, 6.07) is 16.5. The van der Waals surface area contributed by atoms with Gasteiger partial charge in [0, 0.05) is 30.6 Å². The Labute approximate surface area is 217 Å². The third-order valence-electron chi connectivity index (χ3n) is 6.14. The van der Waals surface area contributed by atoms with Crippen molar-refractivity contribution in [3.8, 4) is 34.6 Å². The third-order valence-corrected chi connectivity index (χ3v) is 6.14. The zero-order chi connectivity index (χ0) is 27.0. The molecule has 0 amide bonds. The monoisotopic (exact) mass is 511 g/mol. The van der Waals surface area contributed by atoms with Crippen LogP contribution in [0.4, 0.5) is 20.4 Å². The van der Waals surface area contributed by atoms with Crippen LogP contribution in [0.1, 0.15) is 16.7 Å². The second-order valence-electron chi connectivity index (χ2n) is 8.84. The van der Waals surface area contributed by atoms with E-state index in [2.05, 4.69) is 21.4 Å². The van der Waals surface area contributed by atoms with Gasteiger partial charge in [-0.05, 0) is 79.1 Å². The quantitative estimate of drug-likeness (QED) is 0.266. The maximum absolute atomic E-state index is 14.3. The van der Waals surface area contributed by atoms with Gasteiger partial charge in [-0.3, -0.25) is 0 Å². The van der Waals surface area contributed by atoms with Crippen LogP contribution in [0.2, 0.25) is 0 Å². The normalized spacial score (nSPS) is 10.9. The maximum atomic E-state index is 14.3. The smallest absolute Gasteiger partial charge is 0.249 e. The predicted octanol–water partition coefficient (Wildman–Crippen LogP) is 6.95. The van der Waals surface area contributed by atoms with E-state index < -0.39 is 11.6 Å². The summed E-state index contributed by atoms with van der Waals surface area (Å²) in [6.45, 7) is 3.71. The fourth-order valence-corrected chi connectivity index (χ4v) is 4.39. The lowest BCUT2D eigenvalue weighted by Crippen LogP contribution is -2.03. The number of anilines is 2. The van der Waals surface area contributed by atoms with Crippen molar-refractivity contribution in [1.82, 2.24) is 14.5 Å². The molecule has 0 aliphatic heterocycles. The summed E-state index contributed by atoms with van der Waals surface area (Å²) >= 11 is 0. The van der Waals surface area contributed by atoms with E-state index in [0.29, 0.717) is 45.3 Å². The number of aromatic nitrogens is 3. The number of ether oxygens (including phenoxy) is 2. The summed E-state index contributed by atoms with van der Waals surface area (Å²) in [5, 5.41) is 12.2. The molecular weight excluding hydrogens is 488 g/mol. The van der Waals surface area contributed by atoms with Crippen LogP contribution in [0.15, 0.2) is 60.8 Å². The van der Waals surface area contributed by atoms with Crippen molar-refractivity contribution in [2.24, 2.45) is 7.05 Å². The fraction of sp³-hybridized carbons (Fsp3) is 0.138. The van der Waals surface area contributed by atoms with Gasteiger partial charge in [-0.1, -0.05) is 0 Å². The zero-order valence-electron chi connectivity index (χ0n) is 21.1. The highest BCUT2D eigenvalue weighted by Gasteiger charge is 2.19. The van der Waals surface area contributed by atoms with Gasteiger partial charge in [0.2, 0.25) is 11.8 Å². The van der Waals surface area contributed by atoms with Crippen molar-refractivity contribution in [2.45, 2.75) is 13.8 Å². The van der Waals surface area contributed by atoms with E-state index in [4.69, 9.17) is 14.7 Å². The maximum Gasteiger partial charge on any atom is 0.249 e. The molecule has 0 saturated heterocycles. The molecule has 190 valence electrons. The molecule has 9 heteroatoms. The third kappa shape index (κ3) is 4.60. The lowest BCUT2D eigenvalue weighted by Gasteiger charge is -2.16. The minimum absolute atomic E-state index is 0.0290. The number of aryl methyl sites for hydroxylation is 3. The largest absolute Gasteiger partial charge is 0.493 e. The summed E-state index contributed by atoms with van der Waals surface area (Å²) in [5.74, 6) is -0.257. The van der Waals surface area contributed by atoms with Crippen LogP contribution in [0.25, 0.3) is 22.2 Å². The Bertz CT molecular complexity index is 1700. The molecule has 0 radical (unpaired) electrons. The predicted molar refractivity (Wildman–Crippen MR) is 141 cm³/mol. The SMILES string of the molecule is COc1c(F)cc(F)cc1-c1cc(C)c(Oc2nc(Nc3ccc(C#N)cc3)nc3ccn(C)c23)c(C)c1. The molecule has 2 aromatic heterocycles. The van der Waals surface area contributed by atoms with Crippen molar-refractivity contribution in [3.05, 3.63) is 89.1 Å². The standard InChI is InChI=1S/C29H23F2N5O2/c1-16-11-19(22-13-20(30)14-23(31)27(22)37-4)12-17(2)26(16)38-28-25-24(9-10-36(25)3)34-29(35-28)33-21-7-5-18(15-32)6-8-21/h5-14H,1-4H3,(H,33,34,35). The van der Waals surface area contributed by atoms with Gasteiger partial charge in [-0.2, -0.15) is 10.2 Å². The van der Waals surface area contributed by atoms with Crippen LogP contribution in [-0.4, -0.2) is 21.6 Å². The van der Waals surface area contributed by atoms with Gasteiger partial charge in [0.1, 0.15) is 17.1 Å². The number of rotatable bonds is 6. The van der Waals surface area contributed by atoms with Crippen LogP contribution in [0.5, 0.6) is 17.4 Å². The molecule has 5 rings (SSSR count). The molecule has 0 aliphatic carbocycles. The summed E-state index contributed by atoms with van der Waals surface area (Å²) in [6.07, 6.45) is 1.87. The van der Waals surface area contributed by atoms with Crippen molar-refractivity contribution < 1.29 is 18.3 Å². The van der Waals surface area contributed by atoms with Gasteiger partial charge < -0.3 is 19.4 Å². The first kappa shape index (κ1) is 24.7. The Morgan fingerprint density at radius 2 is 1.66 bits per heavy atom. The molecule has 0 unspecified atom stereocenters. The van der Waals surface area contributed by atoms with E-state index in [1.54, 1.807) is 36.4 Å². The van der Waals surface area contributed by atoms with Crippen LogP contribution in [-0.2, 0) is 7.05 Å². The Kier molecular flexibility index (Phi) is 6.39. The van der Waals surface area contributed by atoms with E-state index in [1.807, 2.05) is 37.7 Å². The number of nitrogens with zero attached hydrogens (tertiary/aromatic N) is 4. The first-order valence-electron chi connectivity index (χ1n) is 11.7. The van der Waals surface area contributed by atoms with Crippen molar-refractivity contribution in [2.75, 3.05) is 12.4 Å². The molecule has 5 aromatic rings. The second kappa shape index (κ2) is 9.82. The van der Waals surface area contributed by atoms with Gasteiger partial charge in [0.05, 0.1) is 24.3 Å². The number of methoxy groups -OCH3 is 1. The Hall–Kier alpha value is -4.97. The number of fused-ring (bicyclic) bond motifs is 1. The molecule has 3 aromatic carbocycles. The molecule has 38 heavy (non-hydrogen) atoms. The zero-order valence-corrected chi connectivity index (χ0v) is 21.1. The Morgan fingerprint density at radius 1 is 0.947 bits per heavy atom. The summed E-state index contributed by atoms with van der Waals surface area (Å²) in [5.41, 5.74) is 5.04. The second-order valence-corrected chi connectivity index (χ2v) is 8.84. The number of halogens is 2. The van der Waals surface area contributed by atoms with Crippen molar-refractivity contribution in [1.29, 1.82) is 5.26 Å². The summed E-state index contributed by atoms with van der Waals surface area (Å²) < 4.78 is 41.8. The Balaban J connectivity index is 1.55. The van der Waals surface area contributed by atoms with Gasteiger partial charge in [-0.25, -0.2) is 13.8 Å². The molecule has 7 nitrogen and oxygen atoms in total. The molecular formula is C29H23F2N5O2. The molecule has 0 bridgehead atoms. The van der Waals surface area contributed by atoms with Crippen LogP contribution in [0.3, 0.4) is 0 Å². The minimum Gasteiger partial charge on any atom is -0.493 e. The van der Waals surface area contributed by atoms with E-state index in [-0.39, 0.29) is 5.75 Å². The number of benzene rings is 3. The van der Waals surface area contributed by atoms with Crippen molar-refractivity contribution in [3.63, 3.8) is 0 Å². The number of hydrogen-bond donors (Lipinski definition) is 1. The van der Waals surface area contributed by atoms with Crippen LogP contribution >= 0.6 is 0 Å². The number of nitriles is 1. The topological polar surface area (TPSA) is 85.0 Å². The first-order chi connectivity index (χ1) is 18.3. The average Bonchev–Trinajstić information content (AvgIpc) is 3.26. The lowest BCUT2D eigenvalue weighted by molar-refractivity contribution is 0.386. The fourth-order valence-electron chi connectivity index (χ4n) is 4.39. The van der Waals surface area contributed by atoms with E-state index in [9.17, 15) is 8.78 Å². The van der Waals surface area contributed by atoms with Crippen molar-refractivity contribution >= 4 is 22.7 Å². The molecule has 0 aliphatic rings. The summed E-state index contributed by atoms with van der Waals surface area (Å²) in [4.78, 5) is 9.23. The highest BCUT2D eigenvalue weighted by Crippen LogP contribution is 2.39. The van der Waals surface area contributed by atoms with Gasteiger partial charge in [0.25, 0.3) is 0 Å². The minimum atomic E-state index is -0.771. The van der Waals surface area contributed by atoms with Gasteiger partial charge in [-0.15, -0.1) is 0 Å². The van der Waals surface area contributed by atoms with Crippen LogP contribution < -0.4 is 14.8 Å². The molecule has 0 atom stereocenters. The molecule has 0 spiro atoms. The highest BCUT2D eigenvalue weighted by atomic mass is 19.1. The van der Waals surface area contributed by atoms with E-state index in [1.165, 1.54) is 13.2 Å². The molecule has 2 heterocycles. The average molecular weight is 512 g/mol. The molecule has 1 N–H and O–H groups in total. The van der Waals surface area contributed by atoms with Gasteiger partial charge in [0.15, 0.2) is 11.6 Å². The Morgan fingerprint density at radius 3 is 2.32 bits per heavy atom.